The lowest BCUT2D eigenvalue weighted by Gasteiger charge is -2.18. The van der Waals surface area contributed by atoms with Crippen molar-refractivity contribution in [3.05, 3.63) is 33.9 Å². The number of hydrogen-bond donors (Lipinski definition) is 3. The molecule has 0 spiro atoms. The fourth-order valence-corrected chi connectivity index (χ4v) is 1.38. The number of non-ortho nitro benzene ring substituents is 1. The van der Waals surface area contributed by atoms with E-state index < -0.39 is 17.1 Å². The van der Waals surface area contributed by atoms with Gasteiger partial charge in [-0.1, -0.05) is 6.92 Å². The standard InChI is InChI=1S/C10H14N2O4/c1-2-8(13)10(11)7-5-6(12(15)16)3-4-9(7)14/h3-5,8,10,13-14H,2,11H2,1H3/t8-,10+/m1/s1. The SMILES string of the molecule is CC[C@@H](O)[C@@H](N)c1cc([N+](=O)[O-])ccc1O. The van der Waals surface area contributed by atoms with Crippen LogP contribution in [0.1, 0.15) is 24.9 Å². The normalized spacial score (nSPS) is 14.4. The molecule has 0 amide bonds. The number of phenols is 1. The number of nitro benzene ring substituents is 1. The third-order valence-electron chi connectivity index (χ3n) is 2.41. The molecule has 16 heavy (non-hydrogen) atoms. The highest BCUT2D eigenvalue weighted by molar-refractivity contribution is 5.44. The van der Waals surface area contributed by atoms with Gasteiger partial charge in [-0.3, -0.25) is 10.1 Å². The van der Waals surface area contributed by atoms with Crippen molar-refractivity contribution in [2.45, 2.75) is 25.5 Å². The molecule has 0 radical (unpaired) electrons. The lowest BCUT2D eigenvalue weighted by molar-refractivity contribution is -0.385. The van der Waals surface area contributed by atoms with Crippen molar-refractivity contribution in [3.8, 4) is 5.75 Å². The number of rotatable bonds is 4. The fourth-order valence-electron chi connectivity index (χ4n) is 1.38. The average Bonchev–Trinajstić information content (AvgIpc) is 2.27. The Morgan fingerprint density at radius 2 is 2.19 bits per heavy atom. The van der Waals surface area contributed by atoms with E-state index in [2.05, 4.69) is 0 Å². The van der Waals surface area contributed by atoms with Crippen LogP contribution in [-0.2, 0) is 0 Å². The first-order chi connectivity index (χ1) is 7.47. The van der Waals surface area contributed by atoms with E-state index in [-0.39, 0.29) is 17.0 Å². The number of aliphatic hydroxyl groups is 1. The Labute approximate surface area is 92.5 Å². The molecule has 6 heteroatoms. The van der Waals surface area contributed by atoms with Crippen LogP contribution in [0.15, 0.2) is 18.2 Å². The minimum atomic E-state index is -0.840. The second-order valence-electron chi connectivity index (χ2n) is 3.50. The minimum Gasteiger partial charge on any atom is -0.508 e. The molecule has 0 aromatic heterocycles. The average molecular weight is 226 g/mol. The summed E-state index contributed by atoms with van der Waals surface area (Å²) < 4.78 is 0. The van der Waals surface area contributed by atoms with Crippen LogP contribution in [0, 0.1) is 10.1 Å². The molecule has 1 aromatic carbocycles. The smallest absolute Gasteiger partial charge is 0.270 e. The maximum absolute atomic E-state index is 10.5. The highest BCUT2D eigenvalue weighted by Gasteiger charge is 2.20. The molecular formula is C10H14N2O4. The van der Waals surface area contributed by atoms with Crippen LogP contribution < -0.4 is 5.73 Å². The number of benzene rings is 1. The molecule has 2 atom stereocenters. The van der Waals surface area contributed by atoms with Gasteiger partial charge in [0.25, 0.3) is 5.69 Å². The Morgan fingerprint density at radius 3 is 2.69 bits per heavy atom. The maximum Gasteiger partial charge on any atom is 0.270 e. The zero-order valence-corrected chi connectivity index (χ0v) is 8.83. The number of phenolic OH excluding ortho intramolecular Hbond substituents is 1. The van der Waals surface area contributed by atoms with Crippen molar-refractivity contribution in [1.29, 1.82) is 0 Å². The fraction of sp³-hybridized carbons (Fsp3) is 0.400. The Morgan fingerprint density at radius 1 is 1.56 bits per heavy atom. The first-order valence-electron chi connectivity index (χ1n) is 4.88. The minimum absolute atomic E-state index is 0.148. The molecule has 88 valence electrons. The number of aromatic hydroxyl groups is 1. The van der Waals surface area contributed by atoms with E-state index in [1.807, 2.05) is 0 Å². The van der Waals surface area contributed by atoms with Crippen LogP contribution in [0.5, 0.6) is 5.75 Å². The van der Waals surface area contributed by atoms with Crippen LogP contribution in [0.2, 0.25) is 0 Å². The molecule has 0 saturated carbocycles. The van der Waals surface area contributed by atoms with E-state index in [1.54, 1.807) is 6.92 Å². The highest BCUT2D eigenvalue weighted by Crippen LogP contribution is 2.29. The molecule has 0 bridgehead atoms. The third kappa shape index (κ3) is 2.47. The molecule has 0 aliphatic carbocycles. The molecule has 0 fully saturated rings. The van der Waals surface area contributed by atoms with E-state index in [9.17, 15) is 20.3 Å². The molecule has 0 unspecified atom stereocenters. The summed E-state index contributed by atoms with van der Waals surface area (Å²) in [7, 11) is 0. The second-order valence-corrected chi connectivity index (χ2v) is 3.50. The van der Waals surface area contributed by atoms with E-state index in [4.69, 9.17) is 5.73 Å². The van der Waals surface area contributed by atoms with Gasteiger partial charge in [-0.15, -0.1) is 0 Å². The van der Waals surface area contributed by atoms with Gasteiger partial charge in [0, 0.05) is 17.7 Å². The molecular weight excluding hydrogens is 212 g/mol. The lowest BCUT2D eigenvalue weighted by Crippen LogP contribution is -2.25. The number of nitro groups is 1. The van der Waals surface area contributed by atoms with E-state index in [1.165, 1.54) is 18.2 Å². The number of nitrogens with two attached hydrogens (primary N) is 1. The quantitative estimate of drug-likeness (QED) is 0.525. The summed E-state index contributed by atoms with van der Waals surface area (Å²) in [5.74, 6) is -0.148. The van der Waals surface area contributed by atoms with Crippen LogP contribution in [0.3, 0.4) is 0 Å². The predicted molar refractivity (Wildman–Crippen MR) is 58.0 cm³/mol. The monoisotopic (exact) mass is 226 g/mol. The Kier molecular flexibility index (Phi) is 3.81. The third-order valence-corrected chi connectivity index (χ3v) is 2.41. The van der Waals surface area contributed by atoms with Gasteiger partial charge in [0.2, 0.25) is 0 Å². The molecule has 1 rings (SSSR count). The summed E-state index contributed by atoms with van der Waals surface area (Å²) in [5.41, 5.74) is 5.71. The molecule has 0 aliphatic heterocycles. The highest BCUT2D eigenvalue weighted by atomic mass is 16.6. The largest absolute Gasteiger partial charge is 0.508 e. The summed E-state index contributed by atoms with van der Waals surface area (Å²) >= 11 is 0. The summed E-state index contributed by atoms with van der Waals surface area (Å²) in [6, 6.07) is 2.74. The van der Waals surface area contributed by atoms with E-state index in [0.29, 0.717) is 6.42 Å². The van der Waals surface area contributed by atoms with Crippen molar-refractivity contribution < 1.29 is 15.1 Å². The Balaban J connectivity index is 3.11. The molecule has 0 aliphatic rings. The number of aliphatic hydroxyl groups excluding tert-OH is 1. The summed E-state index contributed by atoms with van der Waals surface area (Å²) in [6.07, 6.45) is -0.434. The summed E-state index contributed by atoms with van der Waals surface area (Å²) in [6.45, 7) is 1.74. The summed E-state index contributed by atoms with van der Waals surface area (Å²) in [4.78, 5) is 9.97. The van der Waals surface area contributed by atoms with Gasteiger partial charge in [0.05, 0.1) is 17.1 Å². The zero-order chi connectivity index (χ0) is 12.3. The lowest BCUT2D eigenvalue weighted by atomic mass is 9.99. The van der Waals surface area contributed by atoms with Crippen molar-refractivity contribution in [2.75, 3.05) is 0 Å². The second kappa shape index (κ2) is 4.91. The first-order valence-corrected chi connectivity index (χ1v) is 4.88. The number of nitrogens with zero attached hydrogens (tertiary/aromatic N) is 1. The van der Waals surface area contributed by atoms with Crippen molar-refractivity contribution >= 4 is 5.69 Å². The van der Waals surface area contributed by atoms with Gasteiger partial charge in [0.15, 0.2) is 0 Å². The van der Waals surface area contributed by atoms with E-state index in [0.717, 1.165) is 0 Å². The van der Waals surface area contributed by atoms with Gasteiger partial charge < -0.3 is 15.9 Å². The summed E-state index contributed by atoms with van der Waals surface area (Å²) in [5, 5.41) is 29.6. The molecule has 0 saturated heterocycles. The van der Waals surface area contributed by atoms with Crippen LogP contribution in [-0.4, -0.2) is 21.2 Å². The van der Waals surface area contributed by atoms with Crippen molar-refractivity contribution in [2.24, 2.45) is 5.73 Å². The van der Waals surface area contributed by atoms with Crippen LogP contribution >= 0.6 is 0 Å². The van der Waals surface area contributed by atoms with Gasteiger partial charge in [-0.2, -0.15) is 0 Å². The van der Waals surface area contributed by atoms with Gasteiger partial charge in [-0.05, 0) is 12.5 Å². The van der Waals surface area contributed by atoms with Gasteiger partial charge >= 0.3 is 0 Å². The topological polar surface area (TPSA) is 110 Å². The molecule has 0 heterocycles. The van der Waals surface area contributed by atoms with Crippen molar-refractivity contribution in [1.82, 2.24) is 0 Å². The first kappa shape index (κ1) is 12.4. The van der Waals surface area contributed by atoms with Gasteiger partial charge in [-0.25, -0.2) is 0 Å². The van der Waals surface area contributed by atoms with Crippen LogP contribution in [0.4, 0.5) is 5.69 Å². The zero-order valence-electron chi connectivity index (χ0n) is 8.83. The molecule has 4 N–H and O–H groups in total. The maximum atomic E-state index is 10.5. The molecule has 6 nitrogen and oxygen atoms in total. The van der Waals surface area contributed by atoms with Crippen molar-refractivity contribution in [3.63, 3.8) is 0 Å². The van der Waals surface area contributed by atoms with Crippen LogP contribution in [0.25, 0.3) is 0 Å². The Bertz CT molecular complexity index is 394. The predicted octanol–water partition coefficient (Wildman–Crippen LogP) is 1.07. The Hall–Kier alpha value is -1.66. The van der Waals surface area contributed by atoms with Gasteiger partial charge in [0.1, 0.15) is 5.75 Å². The number of hydrogen-bond acceptors (Lipinski definition) is 5. The van der Waals surface area contributed by atoms with E-state index >= 15 is 0 Å². The molecule has 1 aromatic rings.